The maximum atomic E-state index is 12.5. The second-order valence-electron chi connectivity index (χ2n) is 5.62. The summed E-state index contributed by atoms with van der Waals surface area (Å²) in [5, 5.41) is 5.14. The maximum Gasteiger partial charge on any atom is 0.316 e. The molecule has 3 rings (SSSR count). The van der Waals surface area contributed by atoms with Crippen molar-refractivity contribution in [2.24, 2.45) is 0 Å². The summed E-state index contributed by atoms with van der Waals surface area (Å²) in [6, 6.07) is 14.3. The largest absolute Gasteiger partial charge is 0.467 e. The zero-order valence-electron chi connectivity index (χ0n) is 14.0. The molecular weight excluding hydrogens is 302 g/mol. The summed E-state index contributed by atoms with van der Waals surface area (Å²) < 4.78 is 5.04. The minimum Gasteiger partial charge on any atom is -0.467 e. The molecule has 0 aliphatic heterocycles. The van der Waals surface area contributed by atoms with E-state index >= 15 is 0 Å². The van der Waals surface area contributed by atoms with Gasteiger partial charge in [0.15, 0.2) is 0 Å². The van der Waals surface area contributed by atoms with Gasteiger partial charge in [-0.25, -0.2) is 0 Å². The first kappa shape index (κ1) is 15.9. The van der Waals surface area contributed by atoms with Gasteiger partial charge in [-0.3, -0.25) is 4.79 Å². The Morgan fingerprint density at radius 2 is 1.71 bits per heavy atom. The predicted molar refractivity (Wildman–Crippen MR) is 94.3 cm³/mol. The van der Waals surface area contributed by atoms with Crippen molar-refractivity contribution >= 4 is 22.4 Å². The standard InChI is InChI=1S/C19H19N3O2/c1-12-18(13(2)21-19(20-12)24-3)22-17(23)11-15-9-6-8-14-7-4-5-10-16(14)15/h4-10H,11H2,1-3H3,(H,22,23). The van der Waals surface area contributed by atoms with Gasteiger partial charge in [-0.05, 0) is 30.2 Å². The monoisotopic (exact) mass is 321 g/mol. The van der Waals surface area contributed by atoms with Crippen LogP contribution in [0.5, 0.6) is 6.01 Å². The van der Waals surface area contributed by atoms with Crippen LogP contribution < -0.4 is 10.1 Å². The van der Waals surface area contributed by atoms with Crippen LogP contribution in [0.4, 0.5) is 5.69 Å². The Balaban J connectivity index is 1.83. The molecule has 3 aromatic rings. The molecule has 0 atom stereocenters. The number of carbonyl (C=O) groups is 1. The van der Waals surface area contributed by atoms with Crippen LogP contribution in [0, 0.1) is 13.8 Å². The molecule has 0 aliphatic rings. The van der Waals surface area contributed by atoms with Crippen LogP contribution in [-0.2, 0) is 11.2 Å². The van der Waals surface area contributed by atoms with Gasteiger partial charge in [0.25, 0.3) is 0 Å². The summed E-state index contributed by atoms with van der Waals surface area (Å²) >= 11 is 0. The Kier molecular flexibility index (Phi) is 4.42. The van der Waals surface area contributed by atoms with Crippen molar-refractivity contribution in [2.75, 3.05) is 12.4 Å². The van der Waals surface area contributed by atoms with E-state index in [4.69, 9.17) is 4.74 Å². The number of nitrogens with zero attached hydrogens (tertiary/aromatic N) is 2. The van der Waals surface area contributed by atoms with Crippen LogP contribution in [0.15, 0.2) is 42.5 Å². The third-order valence-corrected chi connectivity index (χ3v) is 3.93. The van der Waals surface area contributed by atoms with E-state index in [2.05, 4.69) is 15.3 Å². The van der Waals surface area contributed by atoms with Crippen molar-refractivity contribution in [1.82, 2.24) is 9.97 Å². The van der Waals surface area contributed by atoms with Crippen molar-refractivity contribution in [3.8, 4) is 6.01 Å². The molecule has 1 amide bonds. The summed E-state index contributed by atoms with van der Waals surface area (Å²) in [4.78, 5) is 20.9. The highest BCUT2D eigenvalue weighted by atomic mass is 16.5. The normalized spacial score (nSPS) is 10.6. The summed E-state index contributed by atoms with van der Waals surface area (Å²) in [6.45, 7) is 3.65. The van der Waals surface area contributed by atoms with Crippen molar-refractivity contribution in [2.45, 2.75) is 20.3 Å². The molecule has 122 valence electrons. The molecule has 0 aliphatic carbocycles. The highest BCUT2D eigenvalue weighted by Gasteiger charge is 2.13. The fourth-order valence-corrected chi connectivity index (χ4v) is 2.76. The molecule has 1 heterocycles. The second-order valence-corrected chi connectivity index (χ2v) is 5.62. The van der Waals surface area contributed by atoms with Gasteiger partial charge in [0.05, 0.1) is 30.6 Å². The molecule has 0 bridgehead atoms. The number of amides is 1. The minimum absolute atomic E-state index is 0.0914. The van der Waals surface area contributed by atoms with E-state index in [1.54, 1.807) is 0 Å². The molecule has 1 aromatic heterocycles. The molecule has 1 N–H and O–H groups in total. The average Bonchev–Trinajstić information content (AvgIpc) is 2.58. The van der Waals surface area contributed by atoms with Gasteiger partial charge in [-0.15, -0.1) is 0 Å². The SMILES string of the molecule is COc1nc(C)c(NC(=O)Cc2cccc3ccccc23)c(C)n1. The van der Waals surface area contributed by atoms with Crippen molar-refractivity contribution in [3.63, 3.8) is 0 Å². The number of fused-ring (bicyclic) bond motifs is 1. The molecular formula is C19H19N3O2. The Hall–Kier alpha value is -2.95. The highest BCUT2D eigenvalue weighted by Crippen LogP contribution is 2.22. The molecule has 24 heavy (non-hydrogen) atoms. The molecule has 0 saturated carbocycles. The first-order chi connectivity index (χ1) is 11.6. The smallest absolute Gasteiger partial charge is 0.316 e. The third-order valence-electron chi connectivity index (χ3n) is 3.93. The number of anilines is 1. The number of ether oxygens (including phenoxy) is 1. The summed E-state index contributed by atoms with van der Waals surface area (Å²) in [5.74, 6) is -0.0914. The van der Waals surface area contributed by atoms with Crippen molar-refractivity contribution in [3.05, 3.63) is 59.4 Å². The zero-order chi connectivity index (χ0) is 17.1. The summed E-state index contributed by atoms with van der Waals surface area (Å²) in [7, 11) is 1.52. The lowest BCUT2D eigenvalue weighted by Gasteiger charge is -2.12. The number of carbonyl (C=O) groups excluding carboxylic acids is 1. The molecule has 2 aromatic carbocycles. The van der Waals surface area contributed by atoms with Crippen LogP contribution in [0.25, 0.3) is 10.8 Å². The Bertz CT molecular complexity index is 878. The summed E-state index contributed by atoms with van der Waals surface area (Å²) in [6.07, 6.45) is 0.298. The summed E-state index contributed by atoms with van der Waals surface area (Å²) in [5.41, 5.74) is 3.01. The fourth-order valence-electron chi connectivity index (χ4n) is 2.76. The van der Waals surface area contributed by atoms with Crippen molar-refractivity contribution < 1.29 is 9.53 Å². The zero-order valence-corrected chi connectivity index (χ0v) is 14.0. The molecule has 5 heteroatoms. The first-order valence-corrected chi connectivity index (χ1v) is 7.74. The van der Waals surface area contributed by atoms with Crippen LogP contribution in [0.3, 0.4) is 0 Å². The van der Waals surface area contributed by atoms with Crippen molar-refractivity contribution in [1.29, 1.82) is 0 Å². The van der Waals surface area contributed by atoms with Crippen LogP contribution in [0.2, 0.25) is 0 Å². The van der Waals surface area contributed by atoms with E-state index in [-0.39, 0.29) is 5.91 Å². The number of hydrogen-bond donors (Lipinski definition) is 1. The van der Waals surface area contributed by atoms with E-state index in [0.29, 0.717) is 29.5 Å². The van der Waals surface area contributed by atoms with E-state index in [9.17, 15) is 4.79 Å². The number of aromatic nitrogens is 2. The molecule has 0 spiro atoms. The van der Waals surface area contributed by atoms with Gasteiger partial charge in [0.2, 0.25) is 5.91 Å². The lowest BCUT2D eigenvalue weighted by Crippen LogP contribution is -2.17. The fraction of sp³-hybridized carbons (Fsp3) is 0.211. The van der Waals surface area contributed by atoms with Gasteiger partial charge >= 0.3 is 6.01 Å². The Morgan fingerprint density at radius 1 is 1.04 bits per heavy atom. The first-order valence-electron chi connectivity index (χ1n) is 7.74. The number of benzene rings is 2. The molecule has 5 nitrogen and oxygen atoms in total. The Labute approximate surface area is 140 Å². The van der Waals surface area contributed by atoms with Gasteiger partial charge < -0.3 is 10.1 Å². The maximum absolute atomic E-state index is 12.5. The number of nitrogens with one attached hydrogen (secondary N) is 1. The van der Waals surface area contributed by atoms with Gasteiger partial charge in [0.1, 0.15) is 0 Å². The van der Waals surface area contributed by atoms with E-state index < -0.39 is 0 Å². The van der Waals surface area contributed by atoms with Gasteiger partial charge in [-0.1, -0.05) is 42.5 Å². The number of rotatable bonds is 4. The minimum atomic E-state index is -0.0914. The topological polar surface area (TPSA) is 64.1 Å². The lowest BCUT2D eigenvalue weighted by molar-refractivity contribution is -0.115. The van der Waals surface area contributed by atoms with Crippen LogP contribution in [-0.4, -0.2) is 23.0 Å². The number of hydrogen-bond acceptors (Lipinski definition) is 4. The number of aryl methyl sites for hydroxylation is 2. The Morgan fingerprint density at radius 3 is 2.42 bits per heavy atom. The quantitative estimate of drug-likeness (QED) is 0.799. The molecule has 0 fully saturated rings. The average molecular weight is 321 g/mol. The van der Waals surface area contributed by atoms with Gasteiger partial charge in [0, 0.05) is 0 Å². The number of methoxy groups -OCH3 is 1. The lowest BCUT2D eigenvalue weighted by atomic mass is 10.0. The predicted octanol–water partition coefficient (Wildman–Crippen LogP) is 3.44. The highest BCUT2D eigenvalue weighted by molar-refractivity contribution is 5.96. The van der Waals surface area contributed by atoms with Crippen LogP contribution >= 0.6 is 0 Å². The molecule has 0 radical (unpaired) electrons. The molecule has 0 saturated heterocycles. The van der Waals surface area contributed by atoms with Gasteiger partial charge in [-0.2, -0.15) is 9.97 Å². The van der Waals surface area contributed by atoms with E-state index in [1.807, 2.05) is 56.3 Å². The third kappa shape index (κ3) is 3.20. The van der Waals surface area contributed by atoms with E-state index in [1.165, 1.54) is 7.11 Å². The van der Waals surface area contributed by atoms with E-state index in [0.717, 1.165) is 16.3 Å². The van der Waals surface area contributed by atoms with Crippen LogP contribution in [0.1, 0.15) is 17.0 Å². The molecule has 0 unspecified atom stereocenters. The second kappa shape index (κ2) is 6.66.